The summed E-state index contributed by atoms with van der Waals surface area (Å²) in [5.74, 6) is 2.45. The van der Waals surface area contributed by atoms with Gasteiger partial charge in [0.25, 0.3) is 0 Å². The zero-order valence-electron chi connectivity index (χ0n) is 29.4. The van der Waals surface area contributed by atoms with Crippen molar-refractivity contribution < 1.29 is 0 Å². The zero-order valence-corrected chi connectivity index (χ0v) is 30.2. The summed E-state index contributed by atoms with van der Waals surface area (Å²) in [5.41, 5.74) is 8.70. The van der Waals surface area contributed by atoms with Crippen LogP contribution in [0.4, 0.5) is 0 Å². The van der Waals surface area contributed by atoms with Gasteiger partial charge < -0.3 is 0 Å². The molecule has 0 fully saturated rings. The standard InChI is InChI=1S/C49H29N5S/c1-3-14-30(15-4-1)46-52-47(31-16-5-2-6-17-31)54-49(53-46)35-27-33(40-29-32-18-7-8-19-36(32)37-20-9-10-21-38(37)40)26-34(28-35)48-50-41-23-13-25-43-44(41)45(51-48)39-22-11-12-24-42(39)55-43/h1-29H. The molecule has 8 aromatic carbocycles. The van der Waals surface area contributed by atoms with E-state index < -0.39 is 0 Å². The number of aromatic nitrogens is 5. The predicted octanol–water partition coefficient (Wildman–Crippen LogP) is 12.6. The summed E-state index contributed by atoms with van der Waals surface area (Å²) in [6, 6.07) is 61.1. The lowest BCUT2D eigenvalue weighted by molar-refractivity contribution is 1.07. The van der Waals surface area contributed by atoms with Gasteiger partial charge >= 0.3 is 0 Å². The highest BCUT2D eigenvalue weighted by atomic mass is 32.2. The lowest BCUT2D eigenvalue weighted by Gasteiger charge is -2.20. The average molecular weight is 720 g/mol. The van der Waals surface area contributed by atoms with Crippen LogP contribution in [0.3, 0.4) is 0 Å². The van der Waals surface area contributed by atoms with Gasteiger partial charge in [0.15, 0.2) is 23.3 Å². The van der Waals surface area contributed by atoms with E-state index in [4.69, 9.17) is 24.9 Å². The van der Waals surface area contributed by atoms with Crippen LogP contribution in [0.5, 0.6) is 0 Å². The second-order valence-electron chi connectivity index (χ2n) is 13.7. The molecule has 11 rings (SSSR count). The number of fused-ring (bicyclic) bond motifs is 5. The largest absolute Gasteiger partial charge is 0.228 e. The molecule has 1 aliphatic rings. The fourth-order valence-corrected chi connectivity index (χ4v) is 8.81. The SMILES string of the molecule is c1ccc(-c2nc(-c3ccccc3)nc(-c3cc(-c4nc5c6c(cccc6n4)Sc4ccccc4-5)cc(-c4cc5ccccc5c5ccccc45)c3)n2)cc1. The van der Waals surface area contributed by atoms with E-state index in [1.165, 1.54) is 31.3 Å². The molecule has 0 saturated carbocycles. The van der Waals surface area contributed by atoms with Crippen LogP contribution in [0.25, 0.3) is 100 Å². The first-order valence-corrected chi connectivity index (χ1v) is 19.1. The molecular weight excluding hydrogens is 691 g/mol. The van der Waals surface area contributed by atoms with Gasteiger partial charge in [-0.1, -0.05) is 145 Å². The lowest BCUT2D eigenvalue weighted by Crippen LogP contribution is -2.02. The van der Waals surface area contributed by atoms with Gasteiger partial charge in [0.1, 0.15) is 0 Å². The molecule has 0 spiro atoms. The topological polar surface area (TPSA) is 64.5 Å². The molecule has 256 valence electrons. The van der Waals surface area contributed by atoms with Crippen molar-refractivity contribution in [3.63, 3.8) is 0 Å². The summed E-state index contributed by atoms with van der Waals surface area (Å²) < 4.78 is 0. The highest BCUT2D eigenvalue weighted by Gasteiger charge is 2.23. The van der Waals surface area contributed by atoms with E-state index in [1.54, 1.807) is 11.8 Å². The Balaban J connectivity index is 1.21. The van der Waals surface area contributed by atoms with E-state index in [0.717, 1.165) is 55.5 Å². The van der Waals surface area contributed by atoms with Crippen LogP contribution in [0.2, 0.25) is 0 Å². The molecule has 0 amide bonds. The summed E-state index contributed by atoms with van der Waals surface area (Å²) in [4.78, 5) is 28.3. The molecule has 10 aromatic rings. The summed E-state index contributed by atoms with van der Waals surface area (Å²) in [6.45, 7) is 0. The van der Waals surface area contributed by atoms with Crippen molar-refractivity contribution in [2.24, 2.45) is 0 Å². The van der Waals surface area contributed by atoms with E-state index in [-0.39, 0.29) is 0 Å². The maximum Gasteiger partial charge on any atom is 0.164 e. The summed E-state index contributed by atoms with van der Waals surface area (Å²) >= 11 is 1.77. The number of rotatable bonds is 5. The van der Waals surface area contributed by atoms with Crippen LogP contribution in [-0.2, 0) is 0 Å². The maximum absolute atomic E-state index is 5.38. The van der Waals surface area contributed by atoms with E-state index in [2.05, 4.69) is 115 Å². The minimum Gasteiger partial charge on any atom is -0.228 e. The Hall–Kier alpha value is -7.02. The van der Waals surface area contributed by atoms with Crippen LogP contribution >= 0.6 is 11.8 Å². The Morgan fingerprint density at radius 3 is 1.60 bits per heavy atom. The lowest BCUT2D eigenvalue weighted by atomic mass is 9.91. The highest BCUT2D eigenvalue weighted by Crippen LogP contribution is 2.47. The Morgan fingerprint density at radius 1 is 0.327 bits per heavy atom. The van der Waals surface area contributed by atoms with Crippen LogP contribution < -0.4 is 0 Å². The van der Waals surface area contributed by atoms with Crippen molar-refractivity contribution in [3.05, 3.63) is 176 Å². The molecule has 55 heavy (non-hydrogen) atoms. The van der Waals surface area contributed by atoms with Gasteiger partial charge in [-0.2, -0.15) is 0 Å². The second kappa shape index (κ2) is 12.8. The van der Waals surface area contributed by atoms with Crippen molar-refractivity contribution in [1.82, 2.24) is 24.9 Å². The van der Waals surface area contributed by atoms with E-state index in [1.807, 2.05) is 60.7 Å². The summed E-state index contributed by atoms with van der Waals surface area (Å²) in [7, 11) is 0. The molecule has 2 aromatic heterocycles. The third-order valence-electron chi connectivity index (χ3n) is 10.3. The first kappa shape index (κ1) is 31.5. The first-order chi connectivity index (χ1) is 27.2. The van der Waals surface area contributed by atoms with Gasteiger partial charge in [-0.3, -0.25) is 0 Å². The normalized spacial score (nSPS) is 11.9. The quantitative estimate of drug-likeness (QED) is 0.165. The monoisotopic (exact) mass is 719 g/mol. The molecule has 6 heteroatoms. The molecule has 0 radical (unpaired) electrons. The van der Waals surface area contributed by atoms with Gasteiger partial charge in [-0.15, -0.1) is 0 Å². The molecule has 5 nitrogen and oxygen atoms in total. The van der Waals surface area contributed by atoms with Crippen LogP contribution in [0.1, 0.15) is 0 Å². The minimum atomic E-state index is 0.576. The number of hydrogen-bond donors (Lipinski definition) is 0. The number of nitrogens with zero attached hydrogens (tertiary/aromatic N) is 5. The second-order valence-corrected chi connectivity index (χ2v) is 14.8. The third kappa shape index (κ3) is 5.46. The average Bonchev–Trinajstić information content (AvgIpc) is 3.26. The highest BCUT2D eigenvalue weighted by molar-refractivity contribution is 7.99. The van der Waals surface area contributed by atoms with Gasteiger partial charge in [0, 0.05) is 43.0 Å². The number of hydrogen-bond acceptors (Lipinski definition) is 6. The van der Waals surface area contributed by atoms with Gasteiger partial charge in [0.2, 0.25) is 0 Å². The van der Waals surface area contributed by atoms with Crippen molar-refractivity contribution in [1.29, 1.82) is 0 Å². The Bertz CT molecular complexity index is 3070. The van der Waals surface area contributed by atoms with Gasteiger partial charge in [-0.05, 0) is 75.1 Å². The molecule has 0 bridgehead atoms. The maximum atomic E-state index is 5.38. The third-order valence-corrected chi connectivity index (χ3v) is 11.4. The molecule has 1 aliphatic heterocycles. The zero-order chi connectivity index (χ0) is 36.3. The first-order valence-electron chi connectivity index (χ1n) is 18.3. The van der Waals surface area contributed by atoms with Crippen molar-refractivity contribution in [2.45, 2.75) is 9.79 Å². The molecule has 3 heterocycles. The van der Waals surface area contributed by atoms with Crippen LogP contribution in [0.15, 0.2) is 186 Å². The molecule has 0 unspecified atom stereocenters. The van der Waals surface area contributed by atoms with Crippen molar-refractivity contribution >= 4 is 44.2 Å². The van der Waals surface area contributed by atoms with Gasteiger partial charge in [-0.25, -0.2) is 24.9 Å². The molecule has 0 saturated heterocycles. The smallest absolute Gasteiger partial charge is 0.164 e. The molecule has 0 N–H and O–H groups in total. The van der Waals surface area contributed by atoms with Crippen molar-refractivity contribution in [3.8, 4) is 67.9 Å². The Kier molecular flexibility index (Phi) is 7.35. The molecule has 0 atom stereocenters. The Morgan fingerprint density at radius 2 is 0.873 bits per heavy atom. The summed E-state index contributed by atoms with van der Waals surface area (Å²) in [6.07, 6.45) is 0. The van der Waals surface area contributed by atoms with E-state index in [9.17, 15) is 0 Å². The predicted molar refractivity (Wildman–Crippen MR) is 225 cm³/mol. The minimum absolute atomic E-state index is 0.576. The fourth-order valence-electron chi connectivity index (χ4n) is 7.70. The molecule has 0 aliphatic carbocycles. The van der Waals surface area contributed by atoms with Crippen LogP contribution in [0, 0.1) is 0 Å². The van der Waals surface area contributed by atoms with E-state index >= 15 is 0 Å². The van der Waals surface area contributed by atoms with Gasteiger partial charge in [0.05, 0.1) is 11.2 Å². The molecular formula is C49H29N5S. The number of benzene rings is 8. The van der Waals surface area contributed by atoms with Crippen LogP contribution in [-0.4, -0.2) is 24.9 Å². The fraction of sp³-hybridized carbons (Fsp3) is 0. The van der Waals surface area contributed by atoms with E-state index in [0.29, 0.717) is 23.3 Å². The summed E-state index contributed by atoms with van der Waals surface area (Å²) in [5, 5.41) is 5.85. The van der Waals surface area contributed by atoms with Crippen molar-refractivity contribution in [2.75, 3.05) is 0 Å². The Labute approximate surface area is 321 Å².